The number of nitro groups is 1. The standard InChI is InChI=1S/C4H7N3O2/c1-6-4(7(8)9)2-3-5-6/h3-4H,2H2,1H3. The van der Waals surface area contributed by atoms with Crippen LogP contribution in [0, 0.1) is 10.1 Å². The second kappa shape index (κ2) is 2.00. The van der Waals surface area contributed by atoms with Crippen molar-refractivity contribution in [1.29, 1.82) is 0 Å². The van der Waals surface area contributed by atoms with E-state index >= 15 is 0 Å². The summed E-state index contributed by atoms with van der Waals surface area (Å²) in [6.45, 7) is 0. The summed E-state index contributed by atoms with van der Waals surface area (Å²) in [5, 5.41) is 15.1. The van der Waals surface area contributed by atoms with Crippen molar-refractivity contribution in [2.24, 2.45) is 5.10 Å². The first-order valence-electron chi connectivity index (χ1n) is 2.60. The molecule has 1 heterocycles. The lowest BCUT2D eigenvalue weighted by Crippen LogP contribution is -2.30. The van der Waals surface area contributed by atoms with Crippen molar-refractivity contribution in [2.45, 2.75) is 12.6 Å². The molecule has 0 aliphatic carbocycles. The molecular weight excluding hydrogens is 122 g/mol. The Balaban J connectivity index is 2.55. The third-order valence-corrected chi connectivity index (χ3v) is 1.25. The molecule has 0 aromatic heterocycles. The average Bonchev–Trinajstić information content (AvgIpc) is 2.13. The van der Waals surface area contributed by atoms with E-state index in [0.717, 1.165) is 0 Å². The van der Waals surface area contributed by atoms with Gasteiger partial charge in [0.05, 0.1) is 6.42 Å². The van der Waals surface area contributed by atoms with Gasteiger partial charge in [0, 0.05) is 18.2 Å². The fraction of sp³-hybridized carbons (Fsp3) is 0.750. The second-order valence-corrected chi connectivity index (χ2v) is 1.87. The molecule has 1 atom stereocenters. The molecule has 0 spiro atoms. The van der Waals surface area contributed by atoms with Crippen molar-refractivity contribution in [3.63, 3.8) is 0 Å². The number of rotatable bonds is 1. The summed E-state index contributed by atoms with van der Waals surface area (Å²) in [6, 6.07) is 0. The lowest BCUT2D eigenvalue weighted by Gasteiger charge is -2.09. The van der Waals surface area contributed by atoms with Gasteiger partial charge in [-0.25, -0.2) is 5.01 Å². The lowest BCUT2D eigenvalue weighted by molar-refractivity contribution is -0.545. The van der Waals surface area contributed by atoms with Crippen molar-refractivity contribution in [1.82, 2.24) is 5.01 Å². The maximum Gasteiger partial charge on any atom is 0.305 e. The highest BCUT2D eigenvalue weighted by Gasteiger charge is 2.26. The highest BCUT2D eigenvalue weighted by atomic mass is 16.6. The monoisotopic (exact) mass is 129 g/mol. The Bertz CT molecular complexity index is 156. The molecule has 0 bridgehead atoms. The van der Waals surface area contributed by atoms with E-state index in [1.807, 2.05) is 0 Å². The van der Waals surface area contributed by atoms with Crippen molar-refractivity contribution in [3.05, 3.63) is 10.1 Å². The second-order valence-electron chi connectivity index (χ2n) is 1.87. The first-order chi connectivity index (χ1) is 4.22. The number of hydrogen-bond donors (Lipinski definition) is 0. The normalized spacial score (nSPS) is 25.0. The molecule has 0 radical (unpaired) electrons. The minimum absolute atomic E-state index is 0.340. The summed E-state index contributed by atoms with van der Waals surface area (Å²) in [6.07, 6.45) is 1.33. The third-order valence-electron chi connectivity index (χ3n) is 1.25. The van der Waals surface area contributed by atoms with Gasteiger partial charge in [-0.2, -0.15) is 5.10 Å². The van der Waals surface area contributed by atoms with Crippen LogP contribution in [0.5, 0.6) is 0 Å². The van der Waals surface area contributed by atoms with E-state index in [4.69, 9.17) is 0 Å². The molecule has 0 saturated heterocycles. The van der Waals surface area contributed by atoms with Crippen molar-refractivity contribution >= 4 is 6.21 Å². The molecule has 50 valence electrons. The summed E-state index contributed by atoms with van der Waals surface area (Å²) in [5.41, 5.74) is 0. The van der Waals surface area contributed by atoms with Gasteiger partial charge in [0.15, 0.2) is 0 Å². The van der Waals surface area contributed by atoms with Crippen LogP contribution in [-0.2, 0) is 0 Å². The fourth-order valence-corrected chi connectivity index (χ4v) is 0.722. The van der Waals surface area contributed by atoms with E-state index < -0.39 is 6.17 Å². The van der Waals surface area contributed by atoms with Crippen molar-refractivity contribution in [2.75, 3.05) is 7.05 Å². The minimum Gasteiger partial charge on any atom is -0.262 e. The van der Waals surface area contributed by atoms with Gasteiger partial charge in [0.1, 0.15) is 0 Å². The first-order valence-corrected chi connectivity index (χ1v) is 2.60. The Hall–Kier alpha value is -1.13. The van der Waals surface area contributed by atoms with Gasteiger partial charge in [-0.1, -0.05) is 0 Å². The van der Waals surface area contributed by atoms with Crippen molar-refractivity contribution < 1.29 is 4.92 Å². The molecule has 0 fully saturated rings. The largest absolute Gasteiger partial charge is 0.305 e. The summed E-state index contributed by atoms with van der Waals surface area (Å²) in [4.78, 5) is 9.76. The average molecular weight is 129 g/mol. The fourth-order valence-electron chi connectivity index (χ4n) is 0.722. The van der Waals surface area contributed by atoms with Gasteiger partial charge >= 0.3 is 6.17 Å². The molecule has 0 N–H and O–H groups in total. The van der Waals surface area contributed by atoms with Gasteiger partial charge in [-0.15, -0.1) is 0 Å². The molecule has 0 aromatic carbocycles. The molecular formula is C4H7N3O2. The zero-order valence-electron chi connectivity index (χ0n) is 5.02. The molecule has 9 heavy (non-hydrogen) atoms. The molecule has 5 heteroatoms. The molecule has 1 rings (SSSR count). The van der Waals surface area contributed by atoms with Gasteiger partial charge in [0.25, 0.3) is 0 Å². The van der Waals surface area contributed by atoms with Gasteiger partial charge in [-0.3, -0.25) is 10.1 Å². The Labute approximate surface area is 52.1 Å². The maximum atomic E-state index is 10.1. The lowest BCUT2D eigenvalue weighted by atomic mass is 10.4. The van der Waals surface area contributed by atoms with E-state index in [1.54, 1.807) is 13.3 Å². The van der Waals surface area contributed by atoms with E-state index in [9.17, 15) is 10.1 Å². The van der Waals surface area contributed by atoms with Crippen molar-refractivity contribution in [3.8, 4) is 0 Å². The van der Waals surface area contributed by atoms with Crippen LogP contribution in [-0.4, -0.2) is 29.4 Å². The van der Waals surface area contributed by atoms with Gasteiger partial charge < -0.3 is 0 Å². The molecule has 0 aromatic rings. The Morgan fingerprint density at radius 3 is 2.89 bits per heavy atom. The zero-order chi connectivity index (χ0) is 6.85. The molecule has 0 saturated carbocycles. The quantitative estimate of drug-likeness (QED) is 0.367. The summed E-state index contributed by atoms with van der Waals surface area (Å²) >= 11 is 0. The smallest absolute Gasteiger partial charge is 0.262 e. The SMILES string of the molecule is CN1N=CCC1[N+](=O)[O-]. The van der Waals surface area contributed by atoms with Gasteiger partial charge in [-0.05, 0) is 0 Å². The van der Waals surface area contributed by atoms with Crippen LogP contribution < -0.4 is 0 Å². The Kier molecular flexibility index (Phi) is 1.33. The molecule has 5 nitrogen and oxygen atoms in total. The van der Waals surface area contributed by atoms with E-state index in [1.165, 1.54) is 5.01 Å². The summed E-state index contributed by atoms with van der Waals surface area (Å²) in [7, 11) is 1.59. The van der Waals surface area contributed by atoms with Crippen LogP contribution in [0.2, 0.25) is 0 Å². The van der Waals surface area contributed by atoms with Crippen LogP contribution in [0.4, 0.5) is 0 Å². The zero-order valence-corrected chi connectivity index (χ0v) is 5.02. The summed E-state index contributed by atoms with van der Waals surface area (Å²) in [5.74, 6) is 0. The number of hydrogen-bond acceptors (Lipinski definition) is 4. The van der Waals surface area contributed by atoms with Crippen LogP contribution in [0.15, 0.2) is 5.10 Å². The predicted molar refractivity (Wildman–Crippen MR) is 31.7 cm³/mol. The minimum atomic E-state index is -0.634. The molecule has 0 amide bonds. The maximum absolute atomic E-state index is 10.1. The third kappa shape index (κ3) is 0.984. The van der Waals surface area contributed by atoms with Crippen LogP contribution in [0.1, 0.15) is 6.42 Å². The van der Waals surface area contributed by atoms with Crippen LogP contribution >= 0.6 is 0 Å². The molecule has 1 aliphatic rings. The van der Waals surface area contributed by atoms with E-state index in [-0.39, 0.29) is 4.92 Å². The van der Waals surface area contributed by atoms with E-state index in [0.29, 0.717) is 6.42 Å². The highest BCUT2D eigenvalue weighted by molar-refractivity contribution is 5.59. The highest BCUT2D eigenvalue weighted by Crippen LogP contribution is 2.07. The first kappa shape index (κ1) is 6.00. The molecule has 1 aliphatic heterocycles. The van der Waals surface area contributed by atoms with Crippen LogP contribution in [0.3, 0.4) is 0 Å². The molecule has 1 unspecified atom stereocenters. The summed E-state index contributed by atoms with van der Waals surface area (Å²) < 4.78 is 0. The van der Waals surface area contributed by atoms with E-state index in [2.05, 4.69) is 5.10 Å². The topological polar surface area (TPSA) is 58.7 Å². The number of hydrazone groups is 1. The predicted octanol–water partition coefficient (Wildman–Crippen LogP) is -0.0895. The van der Waals surface area contributed by atoms with Crippen LogP contribution in [0.25, 0.3) is 0 Å². The van der Waals surface area contributed by atoms with Gasteiger partial charge in [0.2, 0.25) is 0 Å². The Morgan fingerprint density at radius 1 is 2.00 bits per heavy atom. The Morgan fingerprint density at radius 2 is 2.67 bits per heavy atom. The number of nitrogens with zero attached hydrogens (tertiary/aromatic N) is 3.